The van der Waals surface area contributed by atoms with Crippen molar-refractivity contribution in [3.05, 3.63) is 130 Å². The summed E-state index contributed by atoms with van der Waals surface area (Å²) in [7, 11) is 0. The molecule has 1 aromatic heterocycles. The average Bonchev–Trinajstić information content (AvgIpc) is 3.21. The number of halogens is 2. The van der Waals surface area contributed by atoms with Crippen LogP contribution in [0, 0.1) is 0 Å². The van der Waals surface area contributed by atoms with Crippen LogP contribution in [0.25, 0.3) is 27.5 Å². The fraction of sp³-hybridized carbons (Fsp3) is 0. The number of aromatic nitrogens is 1. The van der Waals surface area contributed by atoms with Crippen LogP contribution in [-0.4, -0.2) is 4.57 Å². The monoisotopic (exact) mass is 566 g/mol. The van der Waals surface area contributed by atoms with Crippen molar-refractivity contribution in [2.45, 2.75) is 0 Å². The van der Waals surface area contributed by atoms with Crippen molar-refractivity contribution in [3.63, 3.8) is 0 Å². The molecule has 0 fully saturated rings. The number of anilines is 3. The molecule has 0 radical (unpaired) electrons. The molecule has 0 aliphatic carbocycles. The van der Waals surface area contributed by atoms with Crippen molar-refractivity contribution in [1.29, 1.82) is 0 Å². The summed E-state index contributed by atoms with van der Waals surface area (Å²) >= 11 is 7.15. The highest BCUT2D eigenvalue weighted by Crippen LogP contribution is 2.40. The van der Waals surface area contributed by atoms with E-state index < -0.39 is 0 Å². The van der Waals surface area contributed by atoms with E-state index in [4.69, 9.17) is 0 Å². The van der Waals surface area contributed by atoms with Gasteiger partial charge in [0.25, 0.3) is 0 Å². The summed E-state index contributed by atoms with van der Waals surface area (Å²) in [6.07, 6.45) is 0. The van der Waals surface area contributed by atoms with Gasteiger partial charge in [-0.15, -0.1) is 0 Å². The predicted molar refractivity (Wildman–Crippen MR) is 151 cm³/mol. The Morgan fingerprint density at radius 3 is 1.65 bits per heavy atom. The molecule has 0 bridgehead atoms. The maximum atomic E-state index is 3.57. The smallest absolute Gasteiger partial charge is 0.0542 e. The summed E-state index contributed by atoms with van der Waals surface area (Å²) < 4.78 is 4.47. The van der Waals surface area contributed by atoms with Crippen molar-refractivity contribution in [3.8, 4) is 5.69 Å². The average molecular weight is 568 g/mol. The minimum absolute atomic E-state index is 1.06. The molecule has 34 heavy (non-hydrogen) atoms. The first-order chi connectivity index (χ1) is 16.7. The van der Waals surface area contributed by atoms with E-state index in [-0.39, 0.29) is 0 Å². The number of hydrogen-bond acceptors (Lipinski definition) is 1. The number of rotatable bonds is 4. The van der Waals surface area contributed by atoms with Crippen molar-refractivity contribution < 1.29 is 0 Å². The minimum atomic E-state index is 1.06. The van der Waals surface area contributed by atoms with E-state index in [0.717, 1.165) is 26.0 Å². The summed E-state index contributed by atoms with van der Waals surface area (Å²) in [4.78, 5) is 2.30. The van der Waals surface area contributed by atoms with Crippen molar-refractivity contribution in [2.75, 3.05) is 4.90 Å². The van der Waals surface area contributed by atoms with Crippen LogP contribution in [0.4, 0.5) is 17.1 Å². The van der Waals surface area contributed by atoms with Crippen molar-refractivity contribution >= 4 is 70.7 Å². The molecule has 0 aliphatic rings. The SMILES string of the molecule is Brc1ccc(N(c2ccc(Br)cc2)c2ccc3c(c2)c2ccccc2n3-c2ccccc2)cc1. The first-order valence-corrected chi connectivity index (χ1v) is 12.7. The van der Waals surface area contributed by atoms with Gasteiger partial charge in [0, 0.05) is 42.5 Å². The molecule has 0 unspecified atom stereocenters. The number of hydrogen-bond donors (Lipinski definition) is 0. The van der Waals surface area contributed by atoms with Gasteiger partial charge in [-0.1, -0.05) is 68.3 Å². The normalized spacial score (nSPS) is 11.2. The molecule has 6 aromatic rings. The van der Waals surface area contributed by atoms with Crippen LogP contribution < -0.4 is 4.90 Å². The zero-order valence-electron chi connectivity index (χ0n) is 18.2. The highest BCUT2D eigenvalue weighted by molar-refractivity contribution is 9.10. The van der Waals surface area contributed by atoms with Crippen LogP contribution in [0.5, 0.6) is 0 Å². The second-order valence-electron chi connectivity index (χ2n) is 8.18. The van der Waals surface area contributed by atoms with Crippen LogP contribution in [0.15, 0.2) is 130 Å². The Hall–Kier alpha value is -3.34. The Morgan fingerprint density at radius 1 is 0.471 bits per heavy atom. The molecule has 5 aromatic carbocycles. The van der Waals surface area contributed by atoms with Crippen molar-refractivity contribution in [2.24, 2.45) is 0 Å². The second kappa shape index (κ2) is 8.79. The third-order valence-corrected chi connectivity index (χ3v) is 7.16. The zero-order valence-corrected chi connectivity index (χ0v) is 21.4. The van der Waals surface area contributed by atoms with Crippen LogP contribution in [0.2, 0.25) is 0 Å². The number of benzene rings is 5. The lowest BCUT2D eigenvalue weighted by atomic mass is 10.1. The molecule has 0 saturated carbocycles. The van der Waals surface area contributed by atoms with Gasteiger partial charge in [0.1, 0.15) is 0 Å². The molecular weight excluding hydrogens is 548 g/mol. The molecule has 4 heteroatoms. The number of nitrogens with zero attached hydrogens (tertiary/aromatic N) is 2. The number of para-hydroxylation sites is 2. The Labute approximate surface area is 215 Å². The molecule has 0 amide bonds. The topological polar surface area (TPSA) is 8.17 Å². The fourth-order valence-corrected chi connectivity index (χ4v) is 5.11. The lowest BCUT2D eigenvalue weighted by Gasteiger charge is -2.26. The molecular formula is C30H20Br2N2. The molecule has 0 aliphatic heterocycles. The number of fused-ring (bicyclic) bond motifs is 3. The molecule has 1 heterocycles. The van der Waals surface area contributed by atoms with Gasteiger partial charge in [0.05, 0.1) is 11.0 Å². The predicted octanol–water partition coefficient (Wildman–Crippen LogP) is 9.78. The third kappa shape index (κ3) is 3.73. The van der Waals surface area contributed by atoms with Gasteiger partial charge in [-0.25, -0.2) is 0 Å². The Kier molecular flexibility index (Phi) is 5.48. The molecule has 6 rings (SSSR count). The Morgan fingerprint density at radius 2 is 1.00 bits per heavy atom. The van der Waals surface area contributed by atoms with Gasteiger partial charge < -0.3 is 9.47 Å². The van der Waals surface area contributed by atoms with E-state index in [0.29, 0.717) is 0 Å². The quantitative estimate of drug-likeness (QED) is 0.206. The summed E-state index contributed by atoms with van der Waals surface area (Å²) in [5.74, 6) is 0. The first kappa shape index (κ1) is 21.2. The van der Waals surface area contributed by atoms with E-state index in [1.165, 1.54) is 27.5 Å². The lowest BCUT2D eigenvalue weighted by Crippen LogP contribution is -2.09. The largest absolute Gasteiger partial charge is 0.310 e. The van der Waals surface area contributed by atoms with E-state index in [9.17, 15) is 0 Å². The minimum Gasteiger partial charge on any atom is -0.310 e. The molecule has 164 valence electrons. The van der Waals surface area contributed by atoms with E-state index in [2.05, 4.69) is 163 Å². The third-order valence-electron chi connectivity index (χ3n) is 6.10. The van der Waals surface area contributed by atoms with Crippen LogP contribution in [0.1, 0.15) is 0 Å². The first-order valence-electron chi connectivity index (χ1n) is 11.1. The summed E-state index contributed by atoms with van der Waals surface area (Å²) in [5, 5.41) is 2.48. The Balaban J connectivity index is 1.60. The standard InChI is InChI=1S/C30H20Br2N2/c31-21-10-14-24(15-11-21)33(25-16-12-22(32)13-17-25)26-18-19-30-28(20-26)27-8-4-5-9-29(27)34(30)23-6-2-1-3-7-23/h1-20H. The van der Waals surface area contributed by atoms with Crippen LogP contribution in [-0.2, 0) is 0 Å². The highest BCUT2D eigenvalue weighted by Gasteiger charge is 2.17. The van der Waals surface area contributed by atoms with Gasteiger partial charge in [-0.3, -0.25) is 0 Å². The van der Waals surface area contributed by atoms with Gasteiger partial charge >= 0.3 is 0 Å². The van der Waals surface area contributed by atoms with Gasteiger partial charge in [0.15, 0.2) is 0 Å². The van der Waals surface area contributed by atoms with E-state index in [1.54, 1.807) is 0 Å². The second-order valence-corrected chi connectivity index (χ2v) is 10.0. The molecule has 2 nitrogen and oxygen atoms in total. The fourth-order valence-electron chi connectivity index (χ4n) is 4.58. The Bertz CT molecular complexity index is 1560. The van der Waals surface area contributed by atoms with Crippen molar-refractivity contribution in [1.82, 2.24) is 4.57 Å². The van der Waals surface area contributed by atoms with Crippen LogP contribution >= 0.6 is 31.9 Å². The van der Waals surface area contributed by atoms with E-state index >= 15 is 0 Å². The van der Waals surface area contributed by atoms with Crippen LogP contribution in [0.3, 0.4) is 0 Å². The summed E-state index contributed by atoms with van der Waals surface area (Å²) in [5.41, 5.74) is 6.91. The van der Waals surface area contributed by atoms with E-state index in [1.807, 2.05) is 0 Å². The zero-order chi connectivity index (χ0) is 23.1. The molecule has 0 spiro atoms. The summed E-state index contributed by atoms with van der Waals surface area (Å²) in [6, 6.07) is 42.9. The lowest BCUT2D eigenvalue weighted by molar-refractivity contribution is 1.18. The van der Waals surface area contributed by atoms with Gasteiger partial charge in [0.2, 0.25) is 0 Å². The maximum absolute atomic E-state index is 3.57. The summed E-state index contributed by atoms with van der Waals surface area (Å²) in [6.45, 7) is 0. The molecule has 0 N–H and O–H groups in total. The van der Waals surface area contributed by atoms with Gasteiger partial charge in [-0.05, 0) is 84.9 Å². The molecule has 0 atom stereocenters. The highest BCUT2D eigenvalue weighted by atomic mass is 79.9. The maximum Gasteiger partial charge on any atom is 0.0542 e. The molecule has 0 saturated heterocycles. The van der Waals surface area contributed by atoms with Gasteiger partial charge in [-0.2, -0.15) is 0 Å².